The van der Waals surface area contributed by atoms with Gasteiger partial charge in [0.2, 0.25) is 5.78 Å². The number of hydrogen-bond donors (Lipinski definition) is 3. The Bertz CT molecular complexity index is 824. The number of phenols is 1. The monoisotopic (exact) mass is 357 g/mol. The zero-order valence-electron chi connectivity index (χ0n) is 11.4. The van der Waals surface area contributed by atoms with Crippen molar-refractivity contribution in [3.05, 3.63) is 64.3 Å². The van der Waals surface area contributed by atoms with Crippen molar-refractivity contribution in [2.24, 2.45) is 0 Å². The smallest absolute Gasteiger partial charge is 0.211 e. The quantitative estimate of drug-likeness (QED) is 0.626. The van der Waals surface area contributed by atoms with Gasteiger partial charge in [-0.05, 0) is 36.4 Å². The Morgan fingerprint density at radius 2 is 1.73 bits per heavy atom. The summed E-state index contributed by atoms with van der Waals surface area (Å²) in [5, 5.41) is 9.32. The molecule has 4 N–H and O–H groups in total. The van der Waals surface area contributed by atoms with Gasteiger partial charge in [0.05, 0.1) is 0 Å². The Hall–Kier alpha value is -2.60. The lowest BCUT2D eigenvalue weighted by atomic mass is 10.0. The Balaban J connectivity index is 2.06. The first-order valence-corrected chi connectivity index (χ1v) is 7.29. The number of halogens is 1. The SMILES string of the molecule is Nc1nc(-c2ccc(Br)cc2)c(C(=O)c2ccc(O)cc2)[nH]1. The number of nitrogens with two attached hydrogens (primary N) is 1. The number of benzene rings is 2. The minimum Gasteiger partial charge on any atom is -0.508 e. The van der Waals surface area contributed by atoms with Gasteiger partial charge in [0.25, 0.3) is 0 Å². The van der Waals surface area contributed by atoms with Crippen molar-refractivity contribution in [3.63, 3.8) is 0 Å². The number of nitrogen functional groups attached to an aromatic ring is 1. The molecule has 0 saturated heterocycles. The van der Waals surface area contributed by atoms with Gasteiger partial charge in [-0.3, -0.25) is 4.79 Å². The molecule has 0 atom stereocenters. The molecule has 0 radical (unpaired) electrons. The zero-order valence-corrected chi connectivity index (χ0v) is 13.0. The van der Waals surface area contributed by atoms with Gasteiger partial charge in [-0.2, -0.15) is 0 Å². The van der Waals surface area contributed by atoms with Crippen molar-refractivity contribution in [2.75, 3.05) is 5.73 Å². The number of carbonyl (C=O) groups excluding carboxylic acids is 1. The second kappa shape index (κ2) is 5.65. The van der Waals surface area contributed by atoms with Crippen LogP contribution in [0.3, 0.4) is 0 Å². The first-order chi connectivity index (χ1) is 10.5. The summed E-state index contributed by atoms with van der Waals surface area (Å²) < 4.78 is 0.936. The first-order valence-electron chi connectivity index (χ1n) is 6.50. The van der Waals surface area contributed by atoms with Crippen LogP contribution in [0.4, 0.5) is 5.95 Å². The Kier molecular flexibility index (Phi) is 3.68. The maximum atomic E-state index is 12.6. The number of carbonyl (C=O) groups is 1. The molecule has 0 spiro atoms. The summed E-state index contributed by atoms with van der Waals surface area (Å²) in [4.78, 5) is 19.6. The average molecular weight is 358 g/mol. The zero-order chi connectivity index (χ0) is 15.7. The molecule has 3 rings (SSSR count). The number of H-pyrrole nitrogens is 1. The van der Waals surface area contributed by atoms with E-state index in [0.29, 0.717) is 17.0 Å². The van der Waals surface area contributed by atoms with Crippen LogP contribution in [0.15, 0.2) is 53.0 Å². The molecular weight excluding hydrogens is 346 g/mol. The third kappa shape index (κ3) is 2.73. The van der Waals surface area contributed by atoms with E-state index in [-0.39, 0.29) is 17.5 Å². The van der Waals surface area contributed by atoms with Crippen molar-refractivity contribution in [1.29, 1.82) is 0 Å². The molecule has 110 valence electrons. The number of rotatable bonds is 3. The fourth-order valence-electron chi connectivity index (χ4n) is 2.13. The summed E-state index contributed by atoms with van der Waals surface area (Å²) in [5.41, 5.74) is 7.78. The number of aromatic hydroxyl groups is 1. The van der Waals surface area contributed by atoms with Crippen LogP contribution >= 0.6 is 15.9 Å². The van der Waals surface area contributed by atoms with E-state index in [0.717, 1.165) is 10.0 Å². The van der Waals surface area contributed by atoms with Crippen LogP contribution in [-0.2, 0) is 0 Å². The van der Waals surface area contributed by atoms with Crippen LogP contribution in [0.1, 0.15) is 16.1 Å². The molecule has 0 aliphatic rings. The molecule has 0 unspecified atom stereocenters. The molecule has 0 aliphatic carbocycles. The lowest BCUT2D eigenvalue weighted by Gasteiger charge is -2.03. The summed E-state index contributed by atoms with van der Waals surface area (Å²) in [6, 6.07) is 13.5. The van der Waals surface area contributed by atoms with Crippen LogP contribution in [-0.4, -0.2) is 20.9 Å². The molecule has 1 heterocycles. The molecule has 1 aromatic heterocycles. The number of aromatic amines is 1. The Morgan fingerprint density at radius 3 is 2.36 bits per heavy atom. The van der Waals surface area contributed by atoms with Gasteiger partial charge in [-0.15, -0.1) is 0 Å². The molecule has 5 nitrogen and oxygen atoms in total. The Morgan fingerprint density at radius 1 is 1.09 bits per heavy atom. The van der Waals surface area contributed by atoms with Gasteiger partial charge in [0.15, 0.2) is 5.95 Å². The highest BCUT2D eigenvalue weighted by Gasteiger charge is 2.19. The lowest BCUT2D eigenvalue weighted by Crippen LogP contribution is -2.03. The minimum absolute atomic E-state index is 0.105. The predicted molar refractivity (Wildman–Crippen MR) is 87.7 cm³/mol. The third-order valence-electron chi connectivity index (χ3n) is 3.20. The highest BCUT2D eigenvalue weighted by atomic mass is 79.9. The van der Waals surface area contributed by atoms with E-state index >= 15 is 0 Å². The molecule has 3 aromatic rings. The predicted octanol–water partition coefficient (Wildman–Crippen LogP) is 3.36. The normalized spacial score (nSPS) is 10.6. The summed E-state index contributed by atoms with van der Waals surface area (Å²) in [6.07, 6.45) is 0. The number of hydrogen-bond acceptors (Lipinski definition) is 4. The van der Waals surface area contributed by atoms with Crippen LogP contribution in [0.2, 0.25) is 0 Å². The molecule has 2 aromatic carbocycles. The van der Waals surface area contributed by atoms with E-state index in [1.54, 1.807) is 12.1 Å². The fraction of sp³-hybridized carbons (Fsp3) is 0. The summed E-state index contributed by atoms with van der Waals surface area (Å²) in [5.74, 6) is 0.0518. The molecule has 6 heteroatoms. The first kappa shape index (κ1) is 14.3. The molecule has 22 heavy (non-hydrogen) atoms. The van der Waals surface area contributed by atoms with Gasteiger partial charge in [-0.1, -0.05) is 28.1 Å². The summed E-state index contributed by atoms with van der Waals surface area (Å²) in [7, 11) is 0. The second-order valence-electron chi connectivity index (χ2n) is 4.73. The van der Waals surface area contributed by atoms with E-state index < -0.39 is 0 Å². The van der Waals surface area contributed by atoms with E-state index in [9.17, 15) is 9.90 Å². The van der Waals surface area contributed by atoms with Crippen molar-refractivity contribution < 1.29 is 9.90 Å². The van der Waals surface area contributed by atoms with Crippen LogP contribution < -0.4 is 5.73 Å². The standard InChI is InChI=1S/C16H12BrN3O2/c17-11-5-1-9(2-6-11)13-14(20-16(18)19-13)15(22)10-3-7-12(21)8-4-10/h1-8,21H,(H3,18,19,20). The van der Waals surface area contributed by atoms with Crippen molar-refractivity contribution >= 4 is 27.7 Å². The molecular formula is C16H12BrN3O2. The molecule has 0 fully saturated rings. The highest BCUT2D eigenvalue weighted by molar-refractivity contribution is 9.10. The number of anilines is 1. The number of ketones is 1. The van der Waals surface area contributed by atoms with Crippen LogP contribution in [0.25, 0.3) is 11.3 Å². The lowest BCUT2D eigenvalue weighted by molar-refractivity contribution is 0.103. The number of imidazole rings is 1. The minimum atomic E-state index is -0.234. The van der Waals surface area contributed by atoms with E-state index in [1.807, 2.05) is 24.3 Å². The van der Waals surface area contributed by atoms with Crippen molar-refractivity contribution in [3.8, 4) is 17.0 Å². The largest absolute Gasteiger partial charge is 0.508 e. The second-order valence-corrected chi connectivity index (χ2v) is 5.64. The van der Waals surface area contributed by atoms with Crippen LogP contribution in [0.5, 0.6) is 5.75 Å². The van der Waals surface area contributed by atoms with E-state index in [1.165, 1.54) is 12.1 Å². The van der Waals surface area contributed by atoms with E-state index in [2.05, 4.69) is 25.9 Å². The van der Waals surface area contributed by atoms with Crippen molar-refractivity contribution in [1.82, 2.24) is 9.97 Å². The highest BCUT2D eigenvalue weighted by Crippen LogP contribution is 2.26. The summed E-state index contributed by atoms with van der Waals surface area (Å²) >= 11 is 3.37. The van der Waals surface area contributed by atoms with Gasteiger partial charge in [0, 0.05) is 15.6 Å². The van der Waals surface area contributed by atoms with E-state index in [4.69, 9.17) is 5.73 Å². The molecule has 0 saturated carbocycles. The number of nitrogens with one attached hydrogen (secondary N) is 1. The average Bonchev–Trinajstić information content (AvgIpc) is 2.90. The number of nitrogens with zero attached hydrogens (tertiary/aromatic N) is 1. The van der Waals surface area contributed by atoms with Gasteiger partial charge in [-0.25, -0.2) is 4.98 Å². The van der Waals surface area contributed by atoms with Gasteiger partial charge in [0.1, 0.15) is 17.1 Å². The topological polar surface area (TPSA) is 92.0 Å². The van der Waals surface area contributed by atoms with Gasteiger partial charge >= 0.3 is 0 Å². The van der Waals surface area contributed by atoms with Crippen LogP contribution in [0, 0.1) is 0 Å². The molecule has 0 bridgehead atoms. The number of aromatic nitrogens is 2. The Labute approximate surface area is 135 Å². The fourth-order valence-corrected chi connectivity index (χ4v) is 2.39. The summed E-state index contributed by atoms with van der Waals surface area (Å²) in [6.45, 7) is 0. The van der Waals surface area contributed by atoms with Crippen molar-refractivity contribution in [2.45, 2.75) is 0 Å². The maximum absolute atomic E-state index is 12.6. The number of phenolic OH excluding ortho intramolecular Hbond substituents is 1. The van der Waals surface area contributed by atoms with Gasteiger partial charge < -0.3 is 15.8 Å². The maximum Gasteiger partial charge on any atom is 0.211 e. The third-order valence-corrected chi connectivity index (χ3v) is 3.73. The molecule has 0 aliphatic heterocycles. The molecule has 0 amide bonds.